The second-order valence-corrected chi connectivity index (χ2v) is 5.66. The maximum atomic E-state index is 12.8. The Labute approximate surface area is 125 Å². The van der Waals surface area contributed by atoms with E-state index in [1.165, 1.54) is 10.8 Å². The van der Waals surface area contributed by atoms with Crippen LogP contribution >= 0.6 is 0 Å². The van der Waals surface area contributed by atoms with Crippen molar-refractivity contribution in [2.24, 2.45) is 7.05 Å². The summed E-state index contributed by atoms with van der Waals surface area (Å²) in [4.78, 5) is 5.99. The van der Waals surface area contributed by atoms with Crippen molar-refractivity contribution in [3.05, 3.63) is 35.7 Å². The van der Waals surface area contributed by atoms with Crippen molar-refractivity contribution in [1.29, 1.82) is 0 Å². The first-order valence-electron chi connectivity index (χ1n) is 7.15. The SMILES string of the molecule is Cn1cc(C(F)(F)F)nc1[C@@H]1CCCN(Cc2ccon2)C1. The van der Waals surface area contributed by atoms with Gasteiger partial charge in [0.05, 0.1) is 5.69 Å². The van der Waals surface area contributed by atoms with E-state index < -0.39 is 11.9 Å². The fourth-order valence-electron chi connectivity index (χ4n) is 2.95. The highest BCUT2D eigenvalue weighted by Gasteiger charge is 2.36. The summed E-state index contributed by atoms with van der Waals surface area (Å²) in [5, 5.41) is 3.88. The maximum Gasteiger partial charge on any atom is 0.434 e. The van der Waals surface area contributed by atoms with Crippen LogP contribution in [0, 0.1) is 0 Å². The summed E-state index contributed by atoms with van der Waals surface area (Å²) in [6.45, 7) is 2.22. The number of hydrogen-bond donors (Lipinski definition) is 0. The highest BCUT2D eigenvalue weighted by Crippen LogP contribution is 2.32. The quantitative estimate of drug-likeness (QED) is 0.874. The zero-order valence-corrected chi connectivity index (χ0v) is 12.2. The molecule has 3 rings (SSSR count). The number of aryl methyl sites for hydroxylation is 1. The zero-order chi connectivity index (χ0) is 15.7. The van der Waals surface area contributed by atoms with E-state index in [9.17, 15) is 13.2 Å². The van der Waals surface area contributed by atoms with Crippen molar-refractivity contribution in [2.75, 3.05) is 13.1 Å². The molecular formula is C14H17F3N4O. The van der Waals surface area contributed by atoms with Gasteiger partial charge in [-0.3, -0.25) is 4.90 Å². The normalized spacial score (nSPS) is 20.5. The lowest BCUT2D eigenvalue weighted by Crippen LogP contribution is -2.34. The Hall–Kier alpha value is -1.83. The minimum absolute atomic E-state index is 0.00162. The second-order valence-electron chi connectivity index (χ2n) is 5.66. The van der Waals surface area contributed by atoms with Gasteiger partial charge in [-0.2, -0.15) is 13.2 Å². The first-order chi connectivity index (χ1) is 10.4. The van der Waals surface area contributed by atoms with Crippen LogP contribution in [0.15, 0.2) is 23.0 Å². The molecule has 8 heteroatoms. The molecule has 1 saturated heterocycles. The lowest BCUT2D eigenvalue weighted by molar-refractivity contribution is -0.141. The van der Waals surface area contributed by atoms with Crippen LogP contribution in [0.2, 0.25) is 0 Å². The van der Waals surface area contributed by atoms with Gasteiger partial charge in [0.2, 0.25) is 0 Å². The van der Waals surface area contributed by atoms with Gasteiger partial charge in [0.1, 0.15) is 12.1 Å². The number of hydrogen-bond acceptors (Lipinski definition) is 4. The van der Waals surface area contributed by atoms with Gasteiger partial charge in [-0.05, 0) is 19.4 Å². The third-order valence-corrected chi connectivity index (χ3v) is 3.95. The molecule has 2 aromatic rings. The van der Waals surface area contributed by atoms with Crippen molar-refractivity contribution in [2.45, 2.75) is 31.5 Å². The molecule has 1 fully saturated rings. The predicted octanol–water partition coefficient (Wildman–Crippen LogP) is 2.81. The molecule has 3 heterocycles. The number of rotatable bonds is 3. The Morgan fingerprint density at radius 1 is 1.41 bits per heavy atom. The molecule has 5 nitrogen and oxygen atoms in total. The van der Waals surface area contributed by atoms with Crippen LogP contribution in [0.4, 0.5) is 13.2 Å². The first-order valence-corrected chi connectivity index (χ1v) is 7.15. The Bertz CT molecular complexity index is 621. The third-order valence-electron chi connectivity index (χ3n) is 3.95. The van der Waals surface area contributed by atoms with E-state index in [4.69, 9.17) is 4.52 Å². The molecule has 1 aliphatic heterocycles. The average molecular weight is 314 g/mol. The summed E-state index contributed by atoms with van der Waals surface area (Å²) in [5.41, 5.74) is 0.00935. The van der Waals surface area contributed by atoms with Gasteiger partial charge in [-0.1, -0.05) is 5.16 Å². The van der Waals surface area contributed by atoms with Crippen molar-refractivity contribution < 1.29 is 17.7 Å². The van der Waals surface area contributed by atoms with Crippen molar-refractivity contribution in [1.82, 2.24) is 19.6 Å². The second kappa shape index (κ2) is 5.75. The summed E-state index contributed by atoms with van der Waals surface area (Å²) in [5.74, 6) is 0.499. The molecular weight excluding hydrogens is 297 g/mol. The summed E-state index contributed by atoms with van der Waals surface area (Å²) in [6, 6.07) is 1.80. The zero-order valence-electron chi connectivity index (χ0n) is 12.2. The molecule has 1 atom stereocenters. The molecule has 0 radical (unpaired) electrons. The first kappa shape index (κ1) is 15.1. The molecule has 2 aromatic heterocycles. The van der Waals surface area contributed by atoms with E-state index in [-0.39, 0.29) is 5.92 Å². The van der Waals surface area contributed by atoms with E-state index in [2.05, 4.69) is 15.0 Å². The summed E-state index contributed by atoms with van der Waals surface area (Å²) in [6.07, 6.45) is -0.0453. The minimum atomic E-state index is -4.40. The number of halogens is 3. The fourth-order valence-corrected chi connectivity index (χ4v) is 2.95. The van der Waals surface area contributed by atoms with E-state index in [1.807, 2.05) is 0 Å². The highest BCUT2D eigenvalue weighted by molar-refractivity contribution is 5.12. The fraction of sp³-hybridized carbons (Fsp3) is 0.571. The summed E-state index contributed by atoms with van der Waals surface area (Å²) < 4.78 is 44.6. The van der Waals surface area contributed by atoms with Crippen LogP contribution in [0.1, 0.15) is 36.0 Å². The Kier molecular flexibility index (Phi) is 3.94. The Balaban J connectivity index is 1.73. The van der Waals surface area contributed by atoms with Crippen LogP contribution in [-0.2, 0) is 19.8 Å². The van der Waals surface area contributed by atoms with Gasteiger partial charge in [0, 0.05) is 38.3 Å². The lowest BCUT2D eigenvalue weighted by Gasteiger charge is -2.31. The number of likely N-dealkylation sites (tertiary alicyclic amines) is 1. The number of imidazole rings is 1. The molecule has 22 heavy (non-hydrogen) atoms. The predicted molar refractivity (Wildman–Crippen MR) is 72.0 cm³/mol. The molecule has 0 aromatic carbocycles. The van der Waals surface area contributed by atoms with Crippen molar-refractivity contribution in [3.63, 3.8) is 0 Å². The molecule has 0 aliphatic carbocycles. The molecule has 120 valence electrons. The lowest BCUT2D eigenvalue weighted by atomic mass is 9.97. The van der Waals surface area contributed by atoms with E-state index in [1.54, 1.807) is 13.1 Å². The van der Waals surface area contributed by atoms with Crippen LogP contribution in [0.25, 0.3) is 0 Å². The topological polar surface area (TPSA) is 47.1 Å². The molecule has 0 unspecified atom stereocenters. The summed E-state index contributed by atoms with van der Waals surface area (Å²) in [7, 11) is 1.62. The third kappa shape index (κ3) is 3.16. The molecule has 0 amide bonds. The van der Waals surface area contributed by atoms with Gasteiger partial charge >= 0.3 is 6.18 Å². The molecule has 1 aliphatic rings. The molecule has 0 spiro atoms. The van der Waals surface area contributed by atoms with Gasteiger partial charge in [-0.15, -0.1) is 0 Å². The van der Waals surface area contributed by atoms with Crippen LogP contribution < -0.4 is 0 Å². The van der Waals surface area contributed by atoms with Crippen LogP contribution in [0.3, 0.4) is 0 Å². The molecule has 0 N–H and O–H groups in total. The van der Waals surface area contributed by atoms with E-state index in [0.717, 1.165) is 31.3 Å². The average Bonchev–Trinajstić information content (AvgIpc) is 3.08. The van der Waals surface area contributed by atoms with Gasteiger partial charge in [0.25, 0.3) is 0 Å². The van der Waals surface area contributed by atoms with Gasteiger partial charge in [0.15, 0.2) is 5.69 Å². The van der Waals surface area contributed by atoms with Crippen molar-refractivity contribution >= 4 is 0 Å². The number of alkyl halides is 3. The molecule has 0 saturated carbocycles. The van der Waals surface area contributed by atoms with Gasteiger partial charge in [-0.25, -0.2) is 4.98 Å². The van der Waals surface area contributed by atoms with Crippen LogP contribution in [-0.4, -0.2) is 32.7 Å². The van der Waals surface area contributed by atoms with Gasteiger partial charge < -0.3 is 9.09 Å². The van der Waals surface area contributed by atoms with Crippen molar-refractivity contribution in [3.8, 4) is 0 Å². The largest absolute Gasteiger partial charge is 0.434 e. The maximum absolute atomic E-state index is 12.8. The smallest absolute Gasteiger partial charge is 0.364 e. The minimum Gasteiger partial charge on any atom is -0.364 e. The number of aromatic nitrogens is 3. The standard InChI is InChI=1S/C14H17F3N4O/c1-20-9-12(14(15,16)17)18-13(20)10-3-2-5-21(7-10)8-11-4-6-22-19-11/h4,6,9-10H,2-3,5,7-8H2,1H3/t10-/m1/s1. The van der Waals surface area contributed by atoms with E-state index in [0.29, 0.717) is 18.9 Å². The van der Waals surface area contributed by atoms with E-state index >= 15 is 0 Å². The monoisotopic (exact) mass is 314 g/mol. The highest BCUT2D eigenvalue weighted by atomic mass is 19.4. The number of piperidine rings is 1. The number of nitrogens with zero attached hydrogens (tertiary/aromatic N) is 4. The molecule has 0 bridgehead atoms. The Morgan fingerprint density at radius 3 is 2.86 bits per heavy atom. The summed E-state index contributed by atoms with van der Waals surface area (Å²) >= 11 is 0. The Morgan fingerprint density at radius 2 is 2.23 bits per heavy atom. The van der Waals surface area contributed by atoms with Crippen LogP contribution in [0.5, 0.6) is 0 Å².